The Kier molecular flexibility index (Phi) is 2.11. The third kappa shape index (κ3) is 1.55. The number of hydrogen-bond acceptors (Lipinski definition) is 3. The van der Waals surface area contributed by atoms with Crippen molar-refractivity contribution in [2.75, 3.05) is 19.6 Å². The van der Waals surface area contributed by atoms with Crippen molar-refractivity contribution < 1.29 is 4.84 Å². The molecule has 1 unspecified atom stereocenters. The first-order chi connectivity index (χ1) is 5.38. The van der Waals surface area contributed by atoms with Crippen LogP contribution < -0.4 is 5.90 Å². The van der Waals surface area contributed by atoms with Crippen LogP contribution in [0.2, 0.25) is 0 Å². The van der Waals surface area contributed by atoms with E-state index in [-0.39, 0.29) is 0 Å². The molecule has 11 heavy (non-hydrogen) atoms. The van der Waals surface area contributed by atoms with Crippen molar-refractivity contribution >= 4 is 0 Å². The highest BCUT2D eigenvalue weighted by Gasteiger charge is 2.30. The van der Waals surface area contributed by atoms with Crippen LogP contribution in [0.25, 0.3) is 0 Å². The van der Waals surface area contributed by atoms with Gasteiger partial charge in [-0.15, -0.1) is 0 Å². The topological polar surface area (TPSA) is 38.5 Å². The Morgan fingerprint density at radius 3 is 3.00 bits per heavy atom. The second-order valence-electron chi connectivity index (χ2n) is 3.76. The van der Waals surface area contributed by atoms with Gasteiger partial charge in [-0.1, -0.05) is 0 Å². The number of fused-ring (bicyclic) bond motifs is 2. The van der Waals surface area contributed by atoms with Gasteiger partial charge >= 0.3 is 0 Å². The lowest BCUT2D eigenvalue weighted by Crippen LogP contribution is -2.48. The molecule has 2 heterocycles. The van der Waals surface area contributed by atoms with Crippen molar-refractivity contribution in [3.8, 4) is 0 Å². The molecule has 0 aromatic carbocycles. The molecular formula is C8H16N2O. The summed E-state index contributed by atoms with van der Waals surface area (Å²) in [5, 5.41) is 0. The van der Waals surface area contributed by atoms with Gasteiger partial charge < -0.3 is 4.90 Å². The second kappa shape index (κ2) is 3.09. The summed E-state index contributed by atoms with van der Waals surface area (Å²) >= 11 is 0. The summed E-state index contributed by atoms with van der Waals surface area (Å²) in [4.78, 5) is 7.35. The Bertz CT molecular complexity index is 128. The summed E-state index contributed by atoms with van der Waals surface area (Å²) in [7, 11) is 0. The average Bonchev–Trinajstić information content (AvgIpc) is 2.03. The lowest BCUT2D eigenvalue weighted by Gasteiger charge is -2.40. The van der Waals surface area contributed by atoms with Crippen LogP contribution >= 0.6 is 0 Å². The summed E-state index contributed by atoms with van der Waals surface area (Å²) in [5.74, 6) is 6.03. The molecule has 2 bridgehead atoms. The van der Waals surface area contributed by atoms with Gasteiger partial charge in [-0.25, -0.2) is 5.90 Å². The minimum absolute atomic E-state index is 0.300. The van der Waals surface area contributed by atoms with Gasteiger partial charge in [-0.3, -0.25) is 4.84 Å². The normalized spacial score (nSPS) is 43.9. The van der Waals surface area contributed by atoms with Crippen molar-refractivity contribution in [3.05, 3.63) is 0 Å². The first kappa shape index (κ1) is 7.53. The zero-order valence-corrected chi connectivity index (χ0v) is 6.83. The standard InChI is InChI=1S/C8H16N2O/c9-11-8-4-7-2-1-3-10(5-7)6-8/h7-8H,1-6,9H2/t7-,8+/m1/s1. The van der Waals surface area contributed by atoms with E-state index in [1.807, 2.05) is 0 Å². The Morgan fingerprint density at radius 1 is 1.36 bits per heavy atom. The van der Waals surface area contributed by atoms with E-state index in [0.717, 1.165) is 12.5 Å². The predicted molar refractivity (Wildman–Crippen MR) is 42.8 cm³/mol. The van der Waals surface area contributed by atoms with Gasteiger partial charge in [0.15, 0.2) is 0 Å². The maximum atomic E-state index is 5.18. The van der Waals surface area contributed by atoms with E-state index >= 15 is 0 Å². The molecule has 0 saturated carbocycles. The molecule has 2 rings (SSSR count). The first-order valence-electron chi connectivity index (χ1n) is 4.46. The van der Waals surface area contributed by atoms with Gasteiger partial charge in [-0.2, -0.15) is 0 Å². The highest BCUT2D eigenvalue weighted by molar-refractivity contribution is 4.83. The number of nitrogens with zero attached hydrogens (tertiary/aromatic N) is 1. The minimum atomic E-state index is 0.300. The molecule has 3 heteroatoms. The Labute approximate surface area is 67.4 Å². The molecule has 2 fully saturated rings. The van der Waals surface area contributed by atoms with Crippen molar-refractivity contribution in [1.29, 1.82) is 0 Å². The summed E-state index contributed by atoms with van der Waals surface area (Å²) in [6, 6.07) is 0. The fourth-order valence-corrected chi connectivity index (χ4v) is 2.34. The average molecular weight is 156 g/mol. The molecule has 3 atom stereocenters. The molecule has 0 radical (unpaired) electrons. The SMILES string of the molecule is NO[C@H]1C[C@H]2CCCN(C2)C1. The Hall–Kier alpha value is -0.120. The van der Waals surface area contributed by atoms with Crippen LogP contribution in [0.5, 0.6) is 0 Å². The zero-order chi connectivity index (χ0) is 7.68. The summed E-state index contributed by atoms with van der Waals surface area (Å²) in [6.07, 6.45) is 4.21. The maximum absolute atomic E-state index is 5.18. The lowest BCUT2D eigenvalue weighted by atomic mass is 9.88. The molecule has 2 aliphatic heterocycles. The van der Waals surface area contributed by atoms with E-state index in [4.69, 9.17) is 10.7 Å². The quantitative estimate of drug-likeness (QED) is 0.557. The summed E-state index contributed by atoms with van der Waals surface area (Å²) in [6.45, 7) is 3.57. The highest BCUT2D eigenvalue weighted by atomic mass is 16.6. The lowest BCUT2D eigenvalue weighted by molar-refractivity contribution is -0.0353. The third-order valence-corrected chi connectivity index (χ3v) is 2.85. The molecule has 2 saturated heterocycles. The fourth-order valence-electron chi connectivity index (χ4n) is 2.34. The summed E-state index contributed by atoms with van der Waals surface area (Å²) < 4.78 is 0. The predicted octanol–water partition coefficient (Wildman–Crippen LogP) is 0.361. The molecular weight excluding hydrogens is 140 g/mol. The zero-order valence-electron chi connectivity index (χ0n) is 6.83. The van der Waals surface area contributed by atoms with E-state index in [9.17, 15) is 0 Å². The van der Waals surface area contributed by atoms with Gasteiger partial charge in [-0.05, 0) is 31.7 Å². The van der Waals surface area contributed by atoms with Crippen LogP contribution in [0.1, 0.15) is 19.3 Å². The largest absolute Gasteiger partial charge is 0.300 e. The first-order valence-corrected chi connectivity index (χ1v) is 4.46. The molecule has 0 aromatic rings. The van der Waals surface area contributed by atoms with Gasteiger partial charge in [0, 0.05) is 13.1 Å². The van der Waals surface area contributed by atoms with Crippen molar-refractivity contribution in [2.24, 2.45) is 11.8 Å². The van der Waals surface area contributed by atoms with Crippen molar-refractivity contribution in [2.45, 2.75) is 25.4 Å². The molecule has 0 aromatic heterocycles. The van der Waals surface area contributed by atoms with E-state index in [1.165, 1.54) is 32.4 Å². The molecule has 3 nitrogen and oxygen atoms in total. The van der Waals surface area contributed by atoms with E-state index in [1.54, 1.807) is 0 Å². The van der Waals surface area contributed by atoms with Crippen LogP contribution in [-0.2, 0) is 4.84 Å². The number of hydrogen-bond donors (Lipinski definition) is 1. The van der Waals surface area contributed by atoms with Crippen molar-refractivity contribution in [3.63, 3.8) is 0 Å². The van der Waals surface area contributed by atoms with Crippen molar-refractivity contribution in [1.82, 2.24) is 4.90 Å². The third-order valence-electron chi connectivity index (χ3n) is 2.85. The van der Waals surface area contributed by atoms with Gasteiger partial charge in [0.05, 0.1) is 6.10 Å². The molecule has 64 valence electrons. The van der Waals surface area contributed by atoms with Gasteiger partial charge in [0.1, 0.15) is 0 Å². The molecule has 0 aliphatic carbocycles. The minimum Gasteiger partial charge on any atom is -0.300 e. The smallest absolute Gasteiger partial charge is 0.0917 e. The number of nitrogens with two attached hydrogens (primary N) is 1. The van der Waals surface area contributed by atoms with E-state index in [0.29, 0.717) is 6.10 Å². The van der Waals surface area contributed by atoms with E-state index in [2.05, 4.69) is 4.90 Å². The molecule has 0 amide bonds. The van der Waals surface area contributed by atoms with Crippen LogP contribution in [0, 0.1) is 5.92 Å². The monoisotopic (exact) mass is 156 g/mol. The molecule has 2 N–H and O–H groups in total. The van der Waals surface area contributed by atoms with E-state index < -0.39 is 0 Å². The fraction of sp³-hybridized carbons (Fsp3) is 1.00. The Morgan fingerprint density at radius 2 is 2.27 bits per heavy atom. The summed E-state index contributed by atoms with van der Waals surface area (Å²) in [5.41, 5.74) is 0. The maximum Gasteiger partial charge on any atom is 0.0917 e. The molecule has 2 aliphatic rings. The van der Waals surface area contributed by atoms with Crippen LogP contribution in [-0.4, -0.2) is 30.6 Å². The van der Waals surface area contributed by atoms with Crippen LogP contribution in [0.3, 0.4) is 0 Å². The number of rotatable bonds is 1. The second-order valence-corrected chi connectivity index (χ2v) is 3.76. The molecule has 0 spiro atoms. The van der Waals surface area contributed by atoms with Crippen LogP contribution in [0.4, 0.5) is 0 Å². The highest BCUT2D eigenvalue weighted by Crippen LogP contribution is 2.26. The van der Waals surface area contributed by atoms with Gasteiger partial charge in [0.2, 0.25) is 0 Å². The van der Waals surface area contributed by atoms with Crippen LogP contribution in [0.15, 0.2) is 0 Å². The number of piperidine rings is 2. The van der Waals surface area contributed by atoms with Gasteiger partial charge in [0.25, 0.3) is 0 Å². The Balaban J connectivity index is 1.94.